The number of carbonyl (C=O) groups is 1. The second kappa shape index (κ2) is 41.9. The number of rotatable bonds is 42. The highest BCUT2D eigenvalue weighted by atomic mass is 32.2. The minimum atomic E-state index is -4.32. The molecule has 2 atom stereocenters. The van der Waals surface area contributed by atoms with Crippen molar-refractivity contribution in [2.75, 3.05) is 5.75 Å². The van der Waals surface area contributed by atoms with Crippen LogP contribution in [-0.2, 0) is 14.9 Å². The third-order valence-electron chi connectivity index (χ3n) is 10.5. The second-order valence-corrected chi connectivity index (χ2v) is 17.5. The Kier molecular flexibility index (Phi) is 40.6. The Morgan fingerprint density at radius 3 is 1.29 bits per heavy atom. The summed E-state index contributed by atoms with van der Waals surface area (Å²) in [4.78, 5) is 12.6. The Morgan fingerprint density at radius 1 is 0.509 bits per heavy atom. The molecule has 0 fully saturated rings. The zero-order valence-corrected chi connectivity index (χ0v) is 36.9. The van der Waals surface area contributed by atoms with E-state index in [1.54, 1.807) is 0 Å². The Balaban J connectivity index is 3.80. The van der Waals surface area contributed by atoms with E-state index in [1.807, 2.05) is 0 Å². The molecular formula is C48H89NO5S. The first-order valence-corrected chi connectivity index (χ1v) is 24.9. The lowest BCUT2D eigenvalue weighted by molar-refractivity contribution is -0.122. The molecule has 0 aliphatic heterocycles. The van der Waals surface area contributed by atoms with Gasteiger partial charge in [-0.3, -0.25) is 9.35 Å². The molecule has 1 amide bonds. The van der Waals surface area contributed by atoms with E-state index in [-0.39, 0.29) is 5.91 Å². The fourth-order valence-corrected chi connectivity index (χ4v) is 7.85. The van der Waals surface area contributed by atoms with E-state index in [0.717, 1.165) is 64.2 Å². The second-order valence-electron chi connectivity index (χ2n) is 16.0. The van der Waals surface area contributed by atoms with Gasteiger partial charge in [0.1, 0.15) is 0 Å². The van der Waals surface area contributed by atoms with Crippen LogP contribution in [0.3, 0.4) is 0 Å². The van der Waals surface area contributed by atoms with Crippen molar-refractivity contribution < 1.29 is 22.9 Å². The van der Waals surface area contributed by atoms with E-state index in [4.69, 9.17) is 0 Å². The van der Waals surface area contributed by atoms with Crippen LogP contribution in [0.15, 0.2) is 48.6 Å². The van der Waals surface area contributed by atoms with Gasteiger partial charge in [-0.1, -0.05) is 223 Å². The van der Waals surface area contributed by atoms with Gasteiger partial charge in [0.15, 0.2) is 0 Å². The third kappa shape index (κ3) is 43.3. The molecule has 0 saturated heterocycles. The summed E-state index contributed by atoms with van der Waals surface area (Å²) in [6.07, 6.45) is 56.4. The average Bonchev–Trinajstić information content (AvgIpc) is 3.15. The predicted octanol–water partition coefficient (Wildman–Crippen LogP) is 14.2. The van der Waals surface area contributed by atoms with Crippen LogP contribution in [0, 0.1) is 0 Å². The molecule has 7 heteroatoms. The molecule has 0 aromatic carbocycles. The zero-order valence-electron chi connectivity index (χ0n) is 36.0. The maximum Gasteiger partial charge on any atom is 0.266 e. The number of carbonyl (C=O) groups excluding carboxylic acids is 1. The van der Waals surface area contributed by atoms with Crippen LogP contribution in [0.5, 0.6) is 0 Å². The molecule has 55 heavy (non-hydrogen) atoms. The lowest BCUT2D eigenvalue weighted by atomic mass is 10.0. The summed E-state index contributed by atoms with van der Waals surface area (Å²) >= 11 is 0. The van der Waals surface area contributed by atoms with E-state index < -0.39 is 28.0 Å². The SMILES string of the molecule is CC/C=C\C/C=C\C/C=C\C/C=C\CCCCCCCCCCCCC(=O)NC(CS(=O)(=O)O)C(O)CCCCCCCCCCCCCCCCCCC. The summed E-state index contributed by atoms with van der Waals surface area (Å²) in [5.74, 6) is -0.899. The summed E-state index contributed by atoms with van der Waals surface area (Å²) in [6, 6.07) is -0.975. The van der Waals surface area contributed by atoms with Crippen molar-refractivity contribution in [1.82, 2.24) is 5.32 Å². The molecule has 3 N–H and O–H groups in total. The van der Waals surface area contributed by atoms with Crippen molar-refractivity contribution >= 4 is 16.0 Å². The number of nitrogens with one attached hydrogen (secondary N) is 1. The monoisotopic (exact) mass is 792 g/mol. The standard InChI is InChI=1S/C48H89NO5S/c1-3-5-7-9-11-13-15-17-19-21-22-23-24-25-26-28-30-32-34-36-38-40-42-44-48(51)49-46(45-55(52,53)54)47(50)43-41-39-37-35-33-31-29-27-20-18-16-14-12-10-8-6-4-2/h5,7,11,13,17,19,22-23,46-47,50H,3-4,6,8-10,12,14-16,18,20-21,24-45H2,1-2H3,(H,49,51)(H,52,53,54)/b7-5-,13-11-,19-17-,23-22-. The van der Waals surface area contributed by atoms with E-state index in [1.165, 1.54) is 141 Å². The molecule has 0 radical (unpaired) electrons. The summed E-state index contributed by atoms with van der Waals surface area (Å²) in [5.41, 5.74) is 0. The molecule has 0 bridgehead atoms. The fraction of sp³-hybridized carbons (Fsp3) is 0.812. The summed E-state index contributed by atoms with van der Waals surface area (Å²) in [7, 11) is -4.32. The van der Waals surface area contributed by atoms with Gasteiger partial charge in [0.05, 0.1) is 17.9 Å². The molecule has 0 aliphatic rings. The lowest BCUT2D eigenvalue weighted by Crippen LogP contribution is -2.47. The van der Waals surface area contributed by atoms with Crippen molar-refractivity contribution in [3.8, 4) is 0 Å². The zero-order chi connectivity index (χ0) is 40.3. The largest absolute Gasteiger partial charge is 0.391 e. The van der Waals surface area contributed by atoms with Crippen LogP contribution in [0.2, 0.25) is 0 Å². The molecule has 322 valence electrons. The molecule has 0 heterocycles. The maximum absolute atomic E-state index is 12.6. The van der Waals surface area contributed by atoms with Gasteiger partial charge in [0, 0.05) is 6.42 Å². The van der Waals surface area contributed by atoms with Crippen molar-refractivity contribution in [3.63, 3.8) is 0 Å². The highest BCUT2D eigenvalue weighted by molar-refractivity contribution is 7.85. The maximum atomic E-state index is 12.6. The first kappa shape index (κ1) is 53.3. The highest BCUT2D eigenvalue weighted by Crippen LogP contribution is 2.16. The number of hydrogen-bond acceptors (Lipinski definition) is 4. The van der Waals surface area contributed by atoms with Crippen LogP contribution in [0.1, 0.15) is 232 Å². The molecule has 0 aromatic rings. The normalized spacial score (nSPS) is 13.6. The fourth-order valence-electron chi connectivity index (χ4n) is 7.09. The topological polar surface area (TPSA) is 104 Å². The van der Waals surface area contributed by atoms with E-state index in [2.05, 4.69) is 67.8 Å². The van der Waals surface area contributed by atoms with Gasteiger partial charge in [-0.05, 0) is 51.4 Å². The molecule has 0 aliphatic carbocycles. The average molecular weight is 792 g/mol. The smallest absolute Gasteiger partial charge is 0.266 e. The Morgan fingerprint density at radius 2 is 0.873 bits per heavy atom. The van der Waals surface area contributed by atoms with Crippen molar-refractivity contribution in [2.24, 2.45) is 0 Å². The van der Waals surface area contributed by atoms with Gasteiger partial charge < -0.3 is 10.4 Å². The molecule has 0 aromatic heterocycles. The minimum Gasteiger partial charge on any atom is -0.391 e. The van der Waals surface area contributed by atoms with Crippen LogP contribution < -0.4 is 5.32 Å². The van der Waals surface area contributed by atoms with Crippen molar-refractivity contribution in [2.45, 2.75) is 244 Å². The van der Waals surface area contributed by atoms with Gasteiger partial charge in [0.2, 0.25) is 5.91 Å². The van der Waals surface area contributed by atoms with Gasteiger partial charge in [-0.15, -0.1) is 0 Å². The van der Waals surface area contributed by atoms with Gasteiger partial charge in [-0.2, -0.15) is 8.42 Å². The minimum absolute atomic E-state index is 0.250. The van der Waals surface area contributed by atoms with Crippen LogP contribution in [0.4, 0.5) is 0 Å². The molecule has 0 rings (SSSR count). The Bertz CT molecular complexity index is 1050. The van der Waals surface area contributed by atoms with Crippen LogP contribution in [0.25, 0.3) is 0 Å². The summed E-state index contributed by atoms with van der Waals surface area (Å²) < 4.78 is 32.7. The molecule has 0 saturated carbocycles. The highest BCUT2D eigenvalue weighted by Gasteiger charge is 2.26. The summed E-state index contributed by atoms with van der Waals surface area (Å²) in [6.45, 7) is 4.43. The van der Waals surface area contributed by atoms with E-state index in [9.17, 15) is 22.9 Å². The van der Waals surface area contributed by atoms with Crippen molar-refractivity contribution in [1.29, 1.82) is 0 Å². The number of allylic oxidation sites excluding steroid dienone is 8. The lowest BCUT2D eigenvalue weighted by Gasteiger charge is -2.23. The number of aliphatic hydroxyl groups is 1. The van der Waals surface area contributed by atoms with Gasteiger partial charge >= 0.3 is 0 Å². The van der Waals surface area contributed by atoms with Gasteiger partial charge in [0.25, 0.3) is 10.1 Å². The summed E-state index contributed by atoms with van der Waals surface area (Å²) in [5, 5.41) is 13.4. The predicted molar refractivity (Wildman–Crippen MR) is 239 cm³/mol. The number of hydrogen-bond donors (Lipinski definition) is 3. The molecule has 2 unspecified atom stereocenters. The van der Waals surface area contributed by atoms with E-state index >= 15 is 0 Å². The van der Waals surface area contributed by atoms with Gasteiger partial charge in [-0.25, -0.2) is 0 Å². The van der Waals surface area contributed by atoms with Crippen LogP contribution in [-0.4, -0.2) is 41.9 Å². The molecule has 0 spiro atoms. The number of aliphatic hydroxyl groups excluding tert-OH is 1. The third-order valence-corrected chi connectivity index (χ3v) is 11.3. The van der Waals surface area contributed by atoms with Crippen molar-refractivity contribution in [3.05, 3.63) is 48.6 Å². The number of unbranched alkanes of at least 4 members (excludes halogenated alkanes) is 26. The Hall–Kier alpha value is -1.70. The van der Waals surface area contributed by atoms with Crippen LogP contribution >= 0.6 is 0 Å². The molecule has 6 nitrogen and oxygen atoms in total. The van der Waals surface area contributed by atoms with E-state index in [0.29, 0.717) is 12.8 Å². The first-order valence-electron chi connectivity index (χ1n) is 23.3. The quantitative estimate of drug-likeness (QED) is 0.0324. The molecular weight excluding hydrogens is 703 g/mol. The Labute approximate surface area is 341 Å². The number of amides is 1. The first-order chi connectivity index (χ1) is 26.8.